The molecule has 0 aromatic heterocycles. The normalized spacial score (nSPS) is 24.4. The Bertz CT molecular complexity index is 1760. The van der Waals surface area contributed by atoms with E-state index in [1.807, 2.05) is 46.8 Å². The number of hydrogen-bond donors (Lipinski definition) is 2. The molecule has 1 amide bonds. The Labute approximate surface area is 336 Å². The summed E-state index contributed by atoms with van der Waals surface area (Å²) in [5.41, 5.74) is 2.16. The number of amides is 1. The van der Waals surface area contributed by atoms with E-state index in [0.717, 1.165) is 36.8 Å². The van der Waals surface area contributed by atoms with E-state index in [2.05, 4.69) is 12.7 Å². The first-order valence-electron chi connectivity index (χ1n) is 20.5. The first-order chi connectivity index (χ1) is 27.4. The molecule has 0 spiro atoms. The van der Waals surface area contributed by atoms with Crippen molar-refractivity contribution in [3.8, 4) is 17.2 Å². The fourth-order valence-electron chi connectivity index (χ4n) is 8.63. The van der Waals surface area contributed by atoms with E-state index in [4.69, 9.17) is 28.9 Å². The summed E-state index contributed by atoms with van der Waals surface area (Å²) in [6, 6.07) is 11.0. The maximum absolute atomic E-state index is 14.3. The van der Waals surface area contributed by atoms with Crippen molar-refractivity contribution < 1.29 is 43.7 Å². The molecular formula is C44H61N3O10. The molecule has 6 unspecified atom stereocenters. The molecule has 1 aliphatic heterocycles. The number of aliphatic hydroxyl groups is 2. The van der Waals surface area contributed by atoms with Crippen LogP contribution < -0.4 is 9.47 Å². The van der Waals surface area contributed by atoms with Gasteiger partial charge in [0.1, 0.15) is 29.9 Å². The number of fused-ring (bicyclic) bond motifs is 2. The number of hydrogen-bond acceptors (Lipinski definition) is 11. The van der Waals surface area contributed by atoms with Gasteiger partial charge in [-0.1, -0.05) is 63.9 Å². The largest absolute Gasteiger partial charge is 0.459 e. The molecule has 0 bridgehead atoms. The minimum Gasteiger partial charge on any atom is -0.459 e. The summed E-state index contributed by atoms with van der Waals surface area (Å²) in [5, 5.41) is 36.0. The van der Waals surface area contributed by atoms with Crippen LogP contribution in [-0.2, 0) is 14.3 Å². The third kappa shape index (κ3) is 10.2. The molecule has 13 heteroatoms. The lowest BCUT2D eigenvalue weighted by atomic mass is 9.55. The molecule has 13 nitrogen and oxygen atoms in total. The third-order valence-electron chi connectivity index (χ3n) is 10.9. The summed E-state index contributed by atoms with van der Waals surface area (Å²) < 4.78 is 26.5. The van der Waals surface area contributed by atoms with Crippen molar-refractivity contribution >= 4 is 17.5 Å². The Balaban J connectivity index is 1.76. The number of unbranched alkanes of at least 4 members (excludes halogenated alkanes) is 2. The summed E-state index contributed by atoms with van der Waals surface area (Å²) in [6.07, 6.45) is 8.90. The van der Waals surface area contributed by atoms with Crippen LogP contribution in [0.3, 0.4) is 0 Å². The molecular weight excluding hydrogens is 730 g/mol. The van der Waals surface area contributed by atoms with Crippen LogP contribution in [0.2, 0.25) is 0 Å². The maximum atomic E-state index is 14.3. The van der Waals surface area contributed by atoms with Gasteiger partial charge in [-0.15, -0.1) is 6.58 Å². The number of allylic oxidation sites excluding steroid dienone is 1. The molecule has 0 radical (unpaired) electrons. The van der Waals surface area contributed by atoms with E-state index >= 15 is 0 Å². The summed E-state index contributed by atoms with van der Waals surface area (Å²) in [5.74, 6) is -0.700. The molecule has 3 aliphatic rings. The average molecular weight is 792 g/mol. The van der Waals surface area contributed by atoms with Crippen LogP contribution in [-0.4, -0.2) is 83.2 Å². The molecule has 1 saturated carbocycles. The molecule has 1 heterocycles. The van der Waals surface area contributed by atoms with Crippen LogP contribution in [0.15, 0.2) is 71.9 Å². The number of carbonyl (C=O) groups excluding carboxylic acids is 1. The van der Waals surface area contributed by atoms with Crippen LogP contribution in [0.1, 0.15) is 97.5 Å². The summed E-state index contributed by atoms with van der Waals surface area (Å²) in [7, 11) is 0. The Morgan fingerprint density at radius 3 is 2.49 bits per heavy atom. The molecule has 6 atom stereocenters. The molecule has 1 fully saturated rings. The monoisotopic (exact) mass is 791 g/mol. The molecule has 5 rings (SSSR count). The van der Waals surface area contributed by atoms with Gasteiger partial charge in [0, 0.05) is 43.7 Å². The zero-order chi connectivity index (χ0) is 41.2. The highest BCUT2D eigenvalue weighted by Gasteiger charge is 2.65. The van der Waals surface area contributed by atoms with E-state index in [1.54, 1.807) is 29.2 Å². The summed E-state index contributed by atoms with van der Waals surface area (Å²) in [4.78, 5) is 33.0. The van der Waals surface area contributed by atoms with Crippen molar-refractivity contribution in [2.24, 2.45) is 28.3 Å². The van der Waals surface area contributed by atoms with Gasteiger partial charge in [0.05, 0.1) is 35.8 Å². The lowest BCUT2D eigenvalue weighted by Crippen LogP contribution is -2.70. The predicted octanol–water partition coefficient (Wildman–Crippen LogP) is 8.94. The van der Waals surface area contributed by atoms with Crippen molar-refractivity contribution in [3.63, 3.8) is 0 Å². The van der Waals surface area contributed by atoms with Crippen LogP contribution >= 0.6 is 0 Å². The van der Waals surface area contributed by atoms with Crippen molar-refractivity contribution in [1.82, 2.24) is 4.90 Å². The number of oxime groups is 1. The number of carbonyl (C=O) groups is 1. The highest BCUT2D eigenvalue weighted by atomic mass is 16.7. The maximum Gasteiger partial charge on any atom is 0.410 e. The first kappa shape index (κ1) is 43.7. The number of rotatable bonds is 20. The number of ether oxygens (including phenoxy) is 4. The van der Waals surface area contributed by atoms with Gasteiger partial charge in [-0.05, 0) is 86.1 Å². The van der Waals surface area contributed by atoms with Gasteiger partial charge in [0.2, 0.25) is 5.79 Å². The molecule has 2 N–H and O–H groups in total. The van der Waals surface area contributed by atoms with Gasteiger partial charge in [0.15, 0.2) is 0 Å². The van der Waals surface area contributed by atoms with E-state index < -0.39 is 28.8 Å². The second-order valence-corrected chi connectivity index (χ2v) is 16.4. The number of non-ortho nitro benzene ring substituents is 1. The van der Waals surface area contributed by atoms with Gasteiger partial charge in [0.25, 0.3) is 5.69 Å². The Morgan fingerprint density at radius 2 is 1.82 bits per heavy atom. The Kier molecular flexibility index (Phi) is 15.2. The van der Waals surface area contributed by atoms with Gasteiger partial charge in [-0.2, -0.15) is 0 Å². The number of nitro benzene ring substituents is 1. The average Bonchev–Trinajstić information content (AvgIpc) is 3.18. The van der Waals surface area contributed by atoms with Crippen molar-refractivity contribution in [2.45, 2.75) is 104 Å². The van der Waals surface area contributed by atoms with Gasteiger partial charge in [-0.25, -0.2) is 4.79 Å². The number of nitrogens with zero attached hydrogens (tertiary/aromatic N) is 3. The van der Waals surface area contributed by atoms with Crippen LogP contribution in [0.25, 0.3) is 0 Å². The van der Waals surface area contributed by atoms with E-state index in [-0.39, 0.29) is 61.7 Å². The summed E-state index contributed by atoms with van der Waals surface area (Å²) in [6.45, 7) is 15.2. The molecule has 312 valence electrons. The lowest BCUT2D eigenvalue weighted by molar-refractivity contribution is -0.384. The highest BCUT2D eigenvalue weighted by molar-refractivity contribution is 6.03. The predicted molar refractivity (Wildman–Crippen MR) is 218 cm³/mol. The van der Waals surface area contributed by atoms with Crippen LogP contribution in [0.5, 0.6) is 17.2 Å². The van der Waals surface area contributed by atoms with Crippen LogP contribution in [0.4, 0.5) is 10.5 Å². The SMILES string of the molecule is C=CCOC12Oc3ccc(Oc4cccc([N+](=O)[O-])c4)cc3C3C(CCCCO)C(CCCCO)C=C(C(=NOCC)CC1N(CCC)C(=O)OCC(C)(C)C)C32. The van der Waals surface area contributed by atoms with Crippen molar-refractivity contribution in [3.05, 3.63) is 82.4 Å². The minimum atomic E-state index is -1.41. The standard InChI is InChI=1S/C44H61N3O10/c1-7-21-46(42(50)53-29-43(4,5)6)39-28-37(45-55-9-3)35-25-30(15-10-12-22-48)34(18-11-13-23-49)40-36-27-33(56-32-17-14-16-31(26-32)47(51)52)19-20-38(36)57-44(39,41(35)40)54-24-8-2/h8,14,16-17,19-20,25-27,30,34,39-41,48-49H,2,7,9-13,15,18,21-24,28-29H2,1,3-6H3. The smallest absolute Gasteiger partial charge is 0.410 e. The summed E-state index contributed by atoms with van der Waals surface area (Å²) >= 11 is 0. The second-order valence-electron chi connectivity index (χ2n) is 16.4. The molecule has 2 aromatic carbocycles. The zero-order valence-corrected chi connectivity index (χ0v) is 34.2. The van der Waals surface area contributed by atoms with E-state index in [0.29, 0.717) is 55.4 Å². The van der Waals surface area contributed by atoms with Crippen LogP contribution in [0, 0.1) is 33.3 Å². The fourth-order valence-corrected chi connectivity index (χ4v) is 8.63. The lowest BCUT2D eigenvalue weighted by Gasteiger charge is -2.60. The third-order valence-corrected chi connectivity index (χ3v) is 10.9. The first-order valence-corrected chi connectivity index (χ1v) is 20.5. The zero-order valence-electron chi connectivity index (χ0n) is 34.2. The van der Waals surface area contributed by atoms with E-state index in [9.17, 15) is 25.1 Å². The van der Waals surface area contributed by atoms with E-state index in [1.165, 1.54) is 12.1 Å². The minimum absolute atomic E-state index is 0.0194. The fraction of sp³-hybridized carbons (Fsp3) is 0.591. The van der Waals surface area contributed by atoms with Crippen molar-refractivity contribution in [2.75, 3.05) is 39.6 Å². The number of benzene rings is 2. The molecule has 57 heavy (non-hydrogen) atoms. The molecule has 0 saturated heterocycles. The number of aliphatic hydroxyl groups excluding tert-OH is 2. The molecule has 2 aliphatic carbocycles. The van der Waals surface area contributed by atoms with Gasteiger partial charge < -0.3 is 34.0 Å². The second kappa shape index (κ2) is 19.8. The topological polar surface area (TPSA) is 162 Å². The van der Waals surface area contributed by atoms with Gasteiger partial charge in [-0.3, -0.25) is 15.0 Å². The highest BCUT2D eigenvalue weighted by Crippen LogP contribution is 2.62. The van der Waals surface area contributed by atoms with Gasteiger partial charge >= 0.3 is 6.09 Å². The Hall–Kier alpha value is -4.46. The Morgan fingerprint density at radius 1 is 1.09 bits per heavy atom. The quantitative estimate of drug-likeness (QED) is 0.0573. The number of nitro groups is 1. The molecule has 2 aromatic rings. The van der Waals surface area contributed by atoms with Crippen molar-refractivity contribution in [1.29, 1.82) is 0 Å².